The number of rotatable bonds is 5. The molecule has 0 bridgehead atoms. The molecule has 31 heavy (non-hydrogen) atoms. The number of nitrogens with one attached hydrogen (secondary N) is 1. The Hall–Kier alpha value is -2.78. The van der Waals surface area contributed by atoms with Gasteiger partial charge in [0.05, 0.1) is 10.9 Å². The lowest BCUT2D eigenvalue weighted by Gasteiger charge is -2.31. The quantitative estimate of drug-likeness (QED) is 0.731. The number of amides is 1. The summed E-state index contributed by atoms with van der Waals surface area (Å²) in [7, 11) is -3.68. The average Bonchev–Trinajstić information content (AvgIpc) is 2.78. The van der Waals surface area contributed by atoms with Crippen LogP contribution < -0.4 is 14.8 Å². The van der Waals surface area contributed by atoms with E-state index in [0.29, 0.717) is 37.6 Å². The van der Waals surface area contributed by atoms with Gasteiger partial charge >= 0.3 is 0 Å². The molecule has 4 rings (SSSR count). The molecule has 2 aromatic rings. The molecule has 0 spiro atoms. The lowest BCUT2D eigenvalue weighted by molar-refractivity contribution is -0.126. The number of phenolic OH excluding ortho intramolecular Hbond substituents is 1. The molecule has 1 unspecified atom stereocenters. The average molecular weight is 447 g/mol. The Morgan fingerprint density at radius 3 is 2.52 bits per heavy atom. The van der Waals surface area contributed by atoms with Crippen molar-refractivity contribution in [3.05, 3.63) is 48.0 Å². The third-order valence-electron chi connectivity index (χ3n) is 5.71. The lowest BCUT2D eigenvalue weighted by atomic mass is 9.96. The summed E-state index contributed by atoms with van der Waals surface area (Å²) in [4.78, 5) is 12.8. The second kappa shape index (κ2) is 8.76. The summed E-state index contributed by atoms with van der Waals surface area (Å²) in [5, 5.41) is 12.6. The zero-order valence-corrected chi connectivity index (χ0v) is 18.1. The number of piperidine rings is 1. The lowest BCUT2D eigenvalue weighted by Crippen LogP contribution is -2.43. The number of hydrogen-bond acceptors (Lipinski definition) is 6. The molecular weight excluding hydrogens is 420 g/mol. The highest BCUT2D eigenvalue weighted by Crippen LogP contribution is 2.34. The molecule has 2 aliphatic heterocycles. The highest BCUT2D eigenvalue weighted by Gasteiger charge is 2.33. The van der Waals surface area contributed by atoms with Crippen molar-refractivity contribution in [2.75, 3.05) is 26.3 Å². The Bertz CT molecular complexity index is 1060. The molecule has 1 fully saturated rings. The monoisotopic (exact) mass is 446 g/mol. The van der Waals surface area contributed by atoms with Crippen molar-refractivity contribution in [1.29, 1.82) is 0 Å². The van der Waals surface area contributed by atoms with Crippen LogP contribution in [0, 0.1) is 5.92 Å². The summed E-state index contributed by atoms with van der Waals surface area (Å²) in [5.41, 5.74) is 0.812. The van der Waals surface area contributed by atoms with Crippen molar-refractivity contribution in [2.24, 2.45) is 5.92 Å². The van der Waals surface area contributed by atoms with Gasteiger partial charge in [-0.25, -0.2) is 8.42 Å². The van der Waals surface area contributed by atoms with E-state index in [-0.39, 0.29) is 41.6 Å². The Labute approximate surface area is 181 Å². The van der Waals surface area contributed by atoms with Crippen molar-refractivity contribution < 1.29 is 27.8 Å². The van der Waals surface area contributed by atoms with Crippen LogP contribution in [0.25, 0.3) is 0 Å². The van der Waals surface area contributed by atoms with Gasteiger partial charge in [-0.3, -0.25) is 4.79 Å². The van der Waals surface area contributed by atoms with Gasteiger partial charge in [-0.05, 0) is 49.6 Å². The van der Waals surface area contributed by atoms with Gasteiger partial charge in [0.15, 0.2) is 11.5 Å². The highest BCUT2D eigenvalue weighted by atomic mass is 32.2. The molecule has 0 aliphatic carbocycles. The molecule has 0 saturated carbocycles. The standard InChI is InChI=1S/C22H26N2O6S/c1-15(17-3-2-4-18(25)13-17)23-22(26)16-7-9-24(10-8-16)31(27,28)19-5-6-20-21(14-19)30-12-11-29-20/h2-6,13-16,25H,7-12H2,1H3,(H,23,26). The van der Waals surface area contributed by atoms with E-state index in [1.54, 1.807) is 24.3 Å². The molecule has 2 aromatic carbocycles. The van der Waals surface area contributed by atoms with Crippen LogP contribution in [0.4, 0.5) is 0 Å². The van der Waals surface area contributed by atoms with Crippen molar-refractivity contribution in [1.82, 2.24) is 9.62 Å². The Balaban J connectivity index is 1.37. The Morgan fingerprint density at radius 2 is 1.81 bits per heavy atom. The first-order valence-corrected chi connectivity index (χ1v) is 11.8. The second-order valence-electron chi connectivity index (χ2n) is 7.81. The van der Waals surface area contributed by atoms with Crippen molar-refractivity contribution in [2.45, 2.75) is 30.7 Å². The van der Waals surface area contributed by atoms with Crippen molar-refractivity contribution in [3.8, 4) is 17.2 Å². The zero-order chi connectivity index (χ0) is 22.0. The smallest absolute Gasteiger partial charge is 0.243 e. The fourth-order valence-electron chi connectivity index (χ4n) is 3.90. The van der Waals surface area contributed by atoms with Crippen LogP contribution in [0.1, 0.15) is 31.4 Å². The summed E-state index contributed by atoms with van der Waals surface area (Å²) in [5.74, 6) is 0.763. The fraction of sp³-hybridized carbons (Fsp3) is 0.409. The van der Waals surface area contributed by atoms with Crippen LogP contribution in [0.15, 0.2) is 47.4 Å². The van der Waals surface area contributed by atoms with Gasteiger partial charge in [0.25, 0.3) is 0 Å². The SMILES string of the molecule is CC(NC(=O)C1CCN(S(=O)(=O)c2ccc3c(c2)OCCO3)CC1)c1cccc(O)c1. The molecule has 0 radical (unpaired) electrons. The van der Waals surface area contributed by atoms with Crippen molar-refractivity contribution >= 4 is 15.9 Å². The third kappa shape index (κ3) is 4.62. The fourth-order valence-corrected chi connectivity index (χ4v) is 5.39. The summed E-state index contributed by atoms with van der Waals surface area (Å²) >= 11 is 0. The van der Waals surface area contributed by atoms with Gasteiger partial charge in [-0.15, -0.1) is 0 Å². The molecule has 1 saturated heterocycles. The Kier molecular flexibility index (Phi) is 6.06. The third-order valence-corrected chi connectivity index (χ3v) is 7.60. The minimum absolute atomic E-state index is 0.104. The molecule has 8 nitrogen and oxygen atoms in total. The number of carbonyl (C=O) groups is 1. The van der Waals surface area contributed by atoms with E-state index in [9.17, 15) is 18.3 Å². The number of benzene rings is 2. The first kappa shape index (κ1) is 21.5. The number of ether oxygens (including phenoxy) is 2. The topological polar surface area (TPSA) is 105 Å². The number of carbonyl (C=O) groups excluding carboxylic acids is 1. The zero-order valence-electron chi connectivity index (χ0n) is 17.3. The maximum absolute atomic E-state index is 13.0. The number of aromatic hydroxyl groups is 1. The normalized spacial score (nSPS) is 18.4. The molecule has 2 aliphatic rings. The minimum Gasteiger partial charge on any atom is -0.508 e. The van der Waals surface area contributed by atoms with Crippen LogP contribution in [0.2, 0.25) is 0 Å². The predicted octanol–water partition coefficient (Wildman–Crippen LogP) is 2.44. The van der Waals surface area contributed by atoms with Crippen LogP contribution >= 0.6 is 0 Å². The van der Waals surface area contributed by atoms with Crippen LogP contribution in [-0.2, 0) is 14.8 Å². The maximum atomic E-state index is 13.0. The van der Waals surface area contributed by atoms with E-state index in [0.717, 1.165) is 5.56 Å². The minimum atomic E-state index is -3.68. The summed E-state index contributed by atoms with van der Waals surface area (Å²) in [6, 6.07) is 11.2. The van der Waals surface area contributed by atoms with Gasteiger partial charge in [0, 0.05) is 25.1 Å². The van der Waals surface area contributed by atoms with Crippen molar-refractivity contribution in [3.63, 3.8) is 0 Å². The molecule has 2 heterocycles. The van der Waals surface area contributed by atoms with Crippen LogP contribution in [0.3, 0.4) is 0 Å². The molecule has 1 atom stereocenters. The summed E-state index contributed by atoms with van der Waals surface area (Å²) < 4.78 is 38.5. The first-order valence-electron chi connectivity index (χ1n) is 10.3. The number of hydrogen-bond donors (Lipinski definition) is 2. The Morgan fingerprint density at radius 1 is 1.10 bits per heavy atom. The maximum Gasteiger partial charge on any atom is 0.243 e. The number of phenols is 1. The van der Waals surface area contributed by atoms with Gasteiger partial charge in [-0.2, -0.15) is 4.31 Å². The van der Waals surface area contributed by atoms with Gasteiger partial charge < -0.3 is 19.9 Å². The second-order valence-corrected chi connectivity index (χ2v) is 9.75. The molecular formula is C22H26N2O6S. The molecule has 166 valence electrons. The van der Waals surface area contributed by atoms with E-state index in [1.807, 2.05) is 13.0 Å². The van der Waals surface area contributed by atoms with E-state index in [1.165, 1.54) is 16.4 Å². The van der Waals surface area contributed by atoms with Gasteiger partial charge in [0.1, 0.15) is 19.0 Å². The molecule has 0 aromatic heterocycles. The van der Waals surface area contributed by atoms with Crippen LogP contribution in [0.5, 0.6) is 17.2 Å². The molecule has 1 amide bonds. The number of nitrogens with zero attached hydrogens (tertiary/aromatic N) is 1. The predicted molar refractivity (Wildman–Crippen MR) is 114 cm³/mol. The van der Waals surface area contributed by atoms with E-state index >= 15 is 0 Å². The summed E-state index contributed by atoms with van der Waals surface area (Å²) in [6.07, 6.45) is 0.894. The number of fused-ring (bicyclic) bond motifs is 1. The van der Waals surface area contributed by atoms with Gasteiger partial charge in [-0.1, -0.05) is 12.1 Å². The van der Waals surface area contributed by atoms with Crippen LogP contribution in [-0.4, -0.2) is 50.0 Å². The highest BCUT2D eigenvalue weighted by molar-refractivity contribution is 7.89. The van der Waals surface area contributed by atoms with E-state index < -0.39 is 10.0 Å². The number of sulfonamides is 1. The molecule has 9 heteroatoms. The largest absolute Gasteiger partial charge is 0.508 e. The van der Waals surface area contributed by atoms with Gasteiger partial charge in [0.2, 0.25) is 15.9 Å². The van der Waals surface area contributed by atoms with E-state index in [2.05, 4.69) is 5.32 Å². The summed E-state index contributed by atoms with van der Waals surface area (Å²) in [6.45, 7) is 3.23. The van der Waals surface area contributed by atoms with E-state index in [4.69, 9.17) is 9.47 Å². The first-order chi connectivity index (χ1) is 14.8. The molecule has 2 N–H and O–H groups in total.